The SMILES string of the molecule is C[C@@H]([C@@H](O)C1C=CC=CC1)N(C)C(=O)OC(C)(C)C. The third-order valence-corrected chi connectivity index (χ3v) is 3.24. The van der Waals surface area contributed by atoms with Crippen molar-refractivity contribution >= 4 is 6.09 Å². The molecule has 0 saturated carbocycles. The van der Waals surface area contributed by atoms with E-state index in [9.17, 15) is 9.90 Å². The Morgan fingerprint density at radius 2 is 2.05 bits per heavy atom. The maximum absolute atomic E-state index is 11.9. The molecule has 1 N–H and O–H groups in total. The topological polar surface area (TPSA) is 49.8 Å². The highest BCUT2D eigenvalue weighted by molar-refractivity contribution is 5.68. The second-order valence-electron chi connectivity index (χ2n) is 6.04. The number of aliphatic hydroxyl groups excluding tert-OH is 1. The van der Waals surface area contributed by atoms with Gasteiger partial charge in [0.15, 0.2) is 0 Å². The summed E-state index contributed by atoms with van der Waals surface area (Å²) in [5, 5.41) is 10.3. The molecule has 0 spiro atoms. The molecule has 0 saturated heterocycles. The number of rotatable bonds is 3. The summed E-state index contributed by atoms with van der Waals surface area (Å²) in [4.78, 5) is 13.4. The third kappa shape index (κ3) is 4.71. The number of hydrogen-bond acceptors (Lipinski definition) is 3. The van der Waals surface area contributed by atoms with Crippen molar-refractivity contribution in [1.82, 2.24) is 4.90 Å². The van der Waals surface area contributed by atoms with Gasteiger partial charge in [0, 0.05) is 13.0 Å². The molecule has 1 unspecified atom stereocenters. The Kier molecular flexibility index (Phi) is 5.18. The van der Waals surface area contributed by atoms with Gasteiger partial charge in [-0.1, -0.05) is 24.3 Å². The number of hydrogen-bond donors (Lipinski definition) is 1. The summed E-state index contributed by atoms with van der Waals surface area (Å²) >= 11 is 0. The quantitative estimate of drug-likeness (QED) is 0.855. The molecule has 1 aliphatic carbocycles. The molecule has 0 aromatic heterocycles. The maximum Gasteiger partial charge on any atom is 0.410 e. The van der Waals surface area contributed by atoms with Crippen molar-refractivity contribution in [2.75, 3.05) is 7.05 Å². The van der Waals surface area contributed by atoms with E-state index in [2.05, 4.69) is 0 Å². The summed E-state index contributed by atoms with van der Waals surface area (Å²) in [6.45, 7) is 7.32. The normalized spacial score (nSPS) is 21.9. The number of carbonyl (C=O) groups is 1. The lowest BCUT2D eigenvalue weighted by Gasteiger charge is -2.33. The van der Waals surface area contributed by atoms with Crippen molar-refractivity contribution in [3.8, 4) is 0 Å². The minimum Gasteiger partial charge on any atom is -0.444 e. The molecule has 0 aromatic rings. The van der Waals surface area contributed by atoms with Crippen molar-refractivity contribution in [1.29, 1.82) is 0 Å². The third-order valence-electron chi connectivity index (χ3n) is 3.24. The fourth-order valence-electron chi connectivity index (χ4n) is 1.94. The van der Waals surface area contributed by atoms with Gasteiger partial charge in [0.2, 0.25) is 0 Å². The van der Waals surface area contributed by atoms with Crippen LogP contribution in [0.2, 0.25) is 0 Å². The van der Waals surface area contributed by atoms with Crippen LogP contribution in [0.3, 0.4) is 0 Å². The van der Waals surface area contributed by atoms with Crippen molar-refractivity contribution < 1.29 is 14.6 Å². The number of carbonyl (C=O) groups excluding carboxylic acids is 1. The highest BCUT2D eigenvalue weighted by atomic mass is 16.6. The molecular weight excluding hydrogens is 242 g/mol. The monoisotopic (exact) mass is 267 g/mol. The van der Waals surface area contributed by atoms with Crippen molar-refractivity contribution in [3.63, 3.8) is 0 Å². The van der Waals surface area contributed by atoms with Crippen LogP contribution >= 0.6 is 0 Å². The lowest BCUT2D eigenvalue weighted by Crippen LogP contribution is -2.47. The Bertz CT molecular complexity index is 368. The van der Waals surface area contributed by atoms with Crippen LogP contribution in [0, 0.1) is 5.92 Å². The van der Waals surface area contributed by atoms with Crippen LogP contribution in [0.5, 0.6) is 0 Å². The van der Waals surface area contributed by atoms with Crippen molar-refractivity contribution in [3.05, 3.63) is 24.3 Å². The van der Waals surface area contributed by atoms with Crippen LogP contribution in [0.4, 0.5) is 4.79 Å². The predicted molar refractivity (Wildman–Crippen MR) is 75.9 cm³/mol. The second-order valence-corrected chi connectivity index (χ2v) is 6.04. The number of ether oxygens (including phenoxy) is 1. The summed E-state index contributed by atoms with van der Waals surface area (Å²) in [7, 11) is 1.66. The maximum atomic E-state index is 11.9. The van der Waals surface area contributed by atoms with E-state index >= 15 is 0 Å². The van der Waals surface area contributed by atoms with E-state index in [1.807, 2.05) is 52.0 Å². The molecule has 4 heteroatoms. The van der Waals surface area contributed by atoms with Crippen LogP contribution in [0.25, 0.3) is 0 Å². The van der Waals surface area contributed by atoms with E-state index in [1.165, 1.54) is 4.90 Å². The molecule has 3 atom stereocenters. The average Bonchev–Trinajstić information content (AvgIpc) is 2.35. The zero-order valence-electron chi connectivity index (χ0n) is 12.5. The highest BCUT2D eigenvalue weighted by Crippen LogP contribution is 2.21. The lowest BCUT2D eigenvalue weighted by molar-refractivity contribution is -0.00228. The number of nitrogens with zero attached hydrogens (tertiary/aromatic N) is 1. The van der Waals surface area contributed by atoms with Gasteiger partial charge in [-0.3, -0.25) is 0 Å². The standard InChI is InChI=1S/C15H25NO3/c1-11(13(17)12-9-7-6-8-10-12)16(5)14(18)19-15(2,3)4/h6-9,11-13,17H,10H2,1-5H3/t11-,12?,13+/m0/s1. The smallest absolute Gasteiger partial charge is 0.410 e. The zero-order chi connectivity index (χ0) is 14.6. The van der Waals surface area contributed by atoms with Crippen LogP contribution < -0.4 is 0 Å². The van der Waals surface area contributed by atoms with Gasteiger partial charge in [0.25, 0.3) is 0 Å². The first-order valence-electron chi connectivity index (χ1n) is 6.69. The van der Waals surface area contributed by atoms with Gasteiger partial charge in [-0.05, 0) is 34.1 Å². The van der Waals surface area contributed by atoms with Crippen LogP contribution in [0.15, 0.2) is 24.3 Å². The van der Waals surface area contributed by atoms with Crippen LogP contribution in [-0.4, -0.2) is 40.9 Å². The predicted octanol–water partition coefficient (Wildman–Crippen LogP) is 2.74. The van der Waals surface area contributed by atoms with E-state index in [0.717, 1.165) is 6.42 Å². The molecule has 0 aliphatic heterocycles. The molecule has 0 fully saturated rings. The Labute approximate surface area is 115 Å². The van der Waals surface area contributed by atoms with Gasteiger partial charge < -0.3 is 14.7 Å². The fraction of sp³-hybridized carbons (Fsp3) is 0.667. The van der Waals surface area contributed by atoms with Gasteiger partial charge in [-0.15, -0.1) is 0 Å². The Hall–Kier alpha value is -1.29. The number of allylic oxidation sites excluding steroid dienone is 3. The minimum absolute atomic E-state index is 0.0462. The molecule has 0 bridgehead atoms. The Balaban J connectivity index is 2.60. The Morgan fingerprint density at radius 1 is 1.42 bits per heavy atom. The van der Waals surface area contributed by atoms with Crippen molar-refractivity contribution in [2.24, 2.45) is 5.92 Å². The average molecular weight is 267 g/mol. The summed E-state index contributed by atoms with van der Waals surface area (Å²) in [5.41, 5.74) is -0.524. The van der Waals surface area contributed by atoms with Gasteiger partial charge in [-0.2, -0.15) is 0 Å². The minimum atomic E-state index is -0.598. The van der Waals surface area contributed by atoms with Crippen LogP contribution in [0.1, 0.15) is 34.1 Å². The van der Waals surface area contributed by atoms with E-state index in [-0.39, 0.29) is 12.0 Å². The van der Waals surface area contributed by atoms with E-state index in [0.29, 0.717) is 0 Å². The fourth-order valence-corrected chi connectivity index (χ4v) is 1.94. The number of likely N-dealkylation sites (N-methyl/N-ethyl adjacent to an activating group) is 1. The molecule has 0 aromatic carbocycles. The zero-order valence-corrected chi connectivity index (χ0v) is 12.5. The first-order chi connectivity index (χ1) is 8.72. The van der Waals surface area contributed by atoms with E-state index in [1.54, 1.807) is 7.05 Å². The van der Waals surface area contributed by atoms with Gasteiger partial charge in [-0.25, -0.2) is 4.79 Å². The first kappa shape index (κ1) is 15.8. The summed E-state index contributed by atoms with van der Waals surface area (Å²) < 4.78 is 5.30. The van der Waals surface area contributed by atoms with E-state index < -0.39 is 17.8 Å². The summed E-state index contributed by atoms with van der Waals surface area (Å²) in [5.74, 6) is 0.0462. The van der Waals surface area contributed by atoms with Crippen LogP contribution in [-0.2, 0) is 4.74 Å². The summed E-state index contributed by atoms with van der Waals surface area (Å²) in [6, 6.07) is -0.295. The van der Waals surface area contributed by atoms with Gasteiger partial charge in [0.05, 0.1) is 12.1 Å². The molecule has 0 heterocycles. The first-order valence-corrected chi connectivity index (χ1v) is 6.69. The molecule has 108 valence electrons. The Morgan fingerprint density at radius 3 is 2.53 bits per heavy atom. The molecule has 0 radical (unpaired) electrons. The molecule has 1 aliphatic rings. The number of aliphatic hydroxyl groups is 1. The largest absolute Gasteiger partial charge is 0.444 e. The molecule has 1 amide bonds. The second kappa shape index (κ2) is 6.24. The summed E-state index contributed by atoms with van der Waals surface area (Å²) in [6.07, 6.45) is 7.68. The van der Waals surface area contributed by atoms with Crippen molar-refractivity contribution in [2.45, 2.75) is 51.9 Å². The molecule has 19 heavy (non-hydrogen) atoms. The van der Waals surface area contributed by atoms with E-state index in [4.69, 9.17) is 4.74 Å². The van der Waals surface area contributed by atoms with Gasteiger partial charge >= 0.3 is 6.09 Å². The highest BCUT2D eigenvalue weighted by Gasteiger charge is 2.30. The molecule has 1 rings (SSSR count). The number of amides is 1. The van der Waals surface area contributed by atoms with Gasteiger partial charge in [0.1, 0.15) is 5.60 Å². The lowest BCUT2D eigenvalue weighted by atomic mass is 9.90. The molecule has 4 nitrogen and oxygen atoms in total. The molecular formula is C15H25NO3.